The number of ether oxygens (including phenoxy) is 2. The van der Waals surface area contributed by atoms with Crippen molar-refractivity contribution in [3.63, 3.8) is 0 Å². The normalized spacial score (nSPS) is 17.8. The SMILES string of the molecule is O=C(CN1CCN(S(=O)(=O)c2cccs2)CC1)Nc1ccc2c(c1)OCO2. The Balaban J connectivity index is 1.29. The molecule has 3 heterocycles. The number of piperazine rings is 1. The Bertz CT molecular complexity index is 922. The van der Waals surface area contributed by atoms with Crippen LogP contribution in [0, 0.1) is 0 Å². The molecule has 10 heteroatoms. The minimum atomic E-state index is -3.43. The highest BCUT2D eigenvalue weighted by Crippen LogP contribution is 2.34. The number of hydrogen-bond donors (Lipinski definition) is 1. The summed E-state index contributed by atoms with van der Waals surface area (Å²) in [6, 6.07) is 8.59. The summed E-state index contributed by atoms with van der Waals surface area (Å²) in [5.41, 5.74) is 0.642. The van der Waals surface area contributed by atoms with Crippen molar-refractivity contribution in [2.45, 2.75) is 4.21 Å². The van der Waals surface area contributed by atoms with Crippen molar-refractivity contribution in [1.82, 2.24) is 9.21 Å². The average Bonchev–Trinajstić information content (AvgIpc) is 3.34. The molecule has 144 valence electrons. The molecular formula is C17H19N3O5S2. The number of thiophene rings is 1. The van der Waals surface area contributed by atoms with Gasteiger partial charge in [0.25, 0.3) is 10.0 Å². The summed E-state index contributed by atoms with van der Waals surface area (Å²) in [4.78, 5) is 14.2. The molecule has 2 aromatic rings. The van der Waals surface area contributed by atoms with Crippen molar-refractivity contribution >= 4 is 33.0 Å². The fourth-order valence-electron chi connectivity index (χ4n) is 3.04. The first-order valence-electron chi connectivity index (χ1n) is 8.48. The summed E-state index contributed by atoms with van der Waals surface area (Å²) in [5, 5.41) is 4.59. The lowest BCUT2D eigenvalue weighted by Crippen LogP contribution is -2.50. The lowest BCUT2D eigenvalue weighted by molar-refractivity contribution is -0.117. The molecule has 27 heavy (non-hydrogen) atoms. The van der Waals surface area contributed by atoms with E-state index in [1.54, 1.807) is 35.7 Å². The molecule has 1 fully saturated rings. The van der Waals surface area contributed by atoms with Crippen LogP contribution in [0.1, 0.15) is 0 Å². The van der Waals surface area contributed by atoms with Gasteiger partial charge >= 0.3 is 0 Å². The van der Waals surface area contributed by atoms with E-state index in [4.69, 9.17) is 9.47 Å². The summed E-state index contributed by atoms with van der Waals surface area (Å²) in [5.74, 6) is 1.12. The van der Waals surface area contributed by atoms with Gasteiger partial charge in [0.2, 0.25) is 12.7 Å². The van der Waals surface area contributed by atoms with E-state index in [1.807, 2.05) is 4.90 Å². The van der Waals surface area contributed by atoms with Gasteiger partial charge in [-0.1, -0.05) is 6.07 Å². The van der Waals surface area contributed by atoms with Gasteiger partial charge in [-0.3, -0.25) is 9.69 Å². The summed E-state index contributed by atoms with van der Waals surface area (Å²) in [6.45, 7) is 2.17. The number of fused-ring (bicyclic) bond motifs is 1. The fraction of sp³-hybridized carbons (Fsp3) is 0.353. The number of carbonyl (C=O) groups is 1. The third-order valence-electron chi connectivity index (χ3n) is 4.44. The van der Waals surface area contributed by atoms with E-state index in [1.165, 1.54) is 15.6 Å². The van der Waals surface area contributed by atoms with Gasteiger partial charge in [-0.05, 0) is 23.6 Å². The van der Waals surface area contributed by atoms with E-state index in [9.17, 15) is 13.2 Å². The highest BCUT2D eigenvalue weighted by Gasteiger charge is 2.29. The van der Waals surface area contributed by atoms with Crippen LogP contribution < -0.4 is 14.8 Å². The number of sulfonamides is 1. The average molecular weight is 409 g/mol. The monoisotopic (exact) mass is 409 g/mol. The largest absolute Gasteiger partial charge is 0.454 e. The Morgan fingerprint density at radius 1 is 1.11 bits per heavy atom. The number of carbonyl (C=O) groups excluding carboxylic acids is 1. The van der Waals surface area contributed by atoms with Crippen LogP contribution in [0.3, 0.4) is 0 Å². The summed E-state index contributed by atoms with van der Waals surface area (Å²) >= 11 is 1.22. The van der Waals surface area contributed by atoms with Gasteiger partial charge in [-0.25, -0.2) is 8.42 Å². The first-order chi connectivity index (χ1) is 13.0. The first kappa shape index (κ1) is 18.2. The second-order valence-electron chi connectivity index (χ2n) is 6.23. The molecule has 0 atom stereocenters. The Hall–Kier alpha value is -2.14. The number of rotatable bonds is 5. The van der Waals surface area contributed by atoms with E-state index in [-0.39, 0.29) is 19.2 Å². The van der Waals surface area contributed by atoms with Crippen LogP contribution in [0.25, 0.3) is 0 Å². The maximum atomic E-state index is 12.5. The van der Waals surface area contributed by atoms with Crippen molar-refractivity contribution in [2.75, 3.05) is 44.8 Å². The van der Waals surface area contributed by atoms with Crippen LogP contribution in [-0.2, 0) is 14.8 Å². The number of amides is 1. The van der Waals surface area contributed by atoms with Gasteiger partial charge < -0.3 is 14.8 Å². The van der Waals surface area contributed by atoms with Crippen LogP contribution in [0.4, 0.5) is 5.69 Å². The smallest absolute Gasteiger partial charge is 0.252 e. The van der Waals surface area contributed by atoms with Gasteiger partial charge in [0, 0.05) is 37.9 Å². The van der Waals surface area contributed by atoms with Crippen molar-refractivity contribution in [3.05, 3.63) is 35.7 Å². The first-order valence-corrected chi connectivity index (χ1v) is 10.8. The number of nitrogens with one attached hydrogen (secondary N) is 1. The Morgan fingerprint density at radius 3 is 2.63 bits per heavy atom. The fourth-order valence-corrected chi connectivity index (χ4v) is 5.61. The Kier molecular flexibility index (Phi) is 5.04. The van der Waals surface area contributed by atoms with E-state index in [2.05, 4.69) is 5.32 Å². The van der Waals surface area contributed by atoms with Crippen molar-refractivity contribution in [3.8, 4) is 11.5 Å². The molecule has 0 saturated carbocycles. The molecule has 1 N–H and O–H groups in total. The zero-order valence-corrected chi connectivity index (χ0v) is 16.1. The quantitative estimate of drug-likeness (QED) is 0.804. The number of hydrogen-bond acceptors (Lipinski definition) is 7. The molecule has 0 radical (unpaired) electrons. The third-order valence-corrected chi connectivity index (χ3v) is 7.72. The molecule has 0 aliphatic carbocycles. The van der Waals surface area contributed by atoms with Crippen LogP contribution >= 0.6 is 11.3 Å². The second kappa shape index (κ2) is 7.47. The van der Waals surface area contributed by atoms with Gasteiger partial charge in [-0.2, -0.15) is 4.31 Å². The Labute approximate surface area is 161 Å². The van der Waals surface area contributed by atoms with Crippen LogP contribution in [-0.4, -0.2) is 63.0 Å². The molecule has 0 spiro atoms. The van der Waals surface area contributed by atoms with Crippen molar-refractivity contribution < 1.29 is 22.7 Å². The standard InChI is InChI=1S/C17H19N3O5S2/c21-16(18-13-3-4-14-15(10-13)25-12-24-14)11-19-5-7-20(8-6-19)27(22,23)17-2-1-9-26-17/h1-4,9-10H,5-8,11-12H2,(H,18,21). The lowest BCUT2D eigenvalue weighted by Gasteiger charge is -2.33. The van der Waals surface area contributed by atoms with Gasteiger partial charge in [0.15, 0.2) is 11.5 Å². The molecular weight excluding hydrogens is 390 g/mol. The highest BCUT2D eigenvalue weighted by atomic mass is 32.2. The molecule has 1 aromatic heterocycles. The molecule has 2 aliphatic rings. The molecule has 4 rings (SSSR count). The Morgan fingerprint density at radius 2 is 1.89 bits per heavy atom. The second-order valence-corrected chi connectivity index (χ2v) is 9.34. The molecule has 0 unspecified atom stereocenters. The molecule has 1 saturated heterocycles. The maximum Gasteiger partial charge on any atom is 0.252 e. The number of nitrogens with zero attached hydrogens (tertiary/aromatic N) is 2. The number of anilines is 1. The zero-order chi connectivity index (χ0) is 18.9. The van der Waals surface area contributed by atoms with Gasteiger partial charge in [-0.15, -0.1) is 11.3 Å². The maximum absolute atomic E-state index is 12.5. The minimum Gasteiger partial charge on any atom is -0.454 e. The molecule has 1 aromatic carbocycles. The molecule has 8 nitrogen and oxygen atoms in total. The van der Waals surface area contributed by atoms with Crippen LogP contribution in [0.15, 0.2) is 39.9 Å². The molecule has 0 bridgehead atoms. The van der Waals surface area contributed by atoms with E-state index < -0.39 is 10.0 Å². The lowest BCUT2D eigenvalue weighted by atomic mass is 10.2. The van der Waals surface area contributed by atoms with E-state index >= 15 is 0 Å². The number of benzene rings is 1. The van der Waals surface area contributed by atoms with Gasteiger partial charge in [0.1, 0.15) is 4.21 Å². The topological polar surface area (TPSA) is 88.2 Å². The predicted octanol–water partition coefficient (Wildman–Crippen LogP) is 1.42. The van der Waals surface area contributed by atoms with E-state index in [0.717, 1.165) is 0 Å². The van der Waals surface area contributed by atoms with Crippen molar-refractivity contribution in [1.29, 1.82) is 0 Å². The zero-order valence-electron chi connectivity index (χ0n) is 14.5. The summed E-state index contributed by atoms with van der Waals surface area (Å²) in [7, 11) is -3.43. The van der Waals surface area contributed by atoms with Gasteiger partial charge in [0.05, 0.1) is 6.54 Å². The molecule has 2 aliphatic heterocycles. The van der Waals surface area contributed by atoms with Crippen LogP contribution in [0.2, 0.25) is 0 Å². The summed E-state index contributed by atoms with van der Waals surface area (Å²) in [6.07, 6.45) is 0. The minimum absolute atomic E-state index is 0.150. The third kappa shape index (κ3) is 3.93. The molecule has 1 amide bonds. The predicted molar refractivity (Wildman–Crippen MR) is 101 cm³/mol. The van der Waals surface area contributed by atoms with Crippen molar-refractivity contribution in [2.24, 2.45) is 0 Å². The highest BCUT2D eigenvalue weighted by molar-refractivity contribution is 7.91. The van der Waals surface area contributed by atoms with E-state index in [0.29, 0.717) is 47.6 Å². The van der Waals surface area contributed by atoms with Crippen LogP contribution in [0.5, 0.6) is 11.5 Å². The summed E-state index contributed by atoms with van der Waals surface area (Å²) < 4.78 is 37.4.